The number of nitrogens with two attached hydrogens (primary N) is 1. The topological polar surface area (TPSA) is 66.0 Å². The second-order valence-electron chi connectivity index (χ2n) is 3.82. The second-order valence-corrected chi connectivity index (χ2v) is 3.82. The average molecular weight is 260 g/mol. The highest BCUT2D eigenvalue weighted by Gasteiger charge is 2.05. The Morgan fingerprint density at radius 2 is 2.32 bits per heavy atom. The van der Waals surface area contributed by atoms with Crippen molar-refractivity contribution in [3.05, 3.63) is 41.5 Å². The first kappa shape index (κ1) is 13.1. The molecule has 2 rings (SSSR count). The average Bonchev–Trinajstić information content (AvgIpc) is 2.81. The lowest BCUT2D eigenvalue weighted by Gasteiger charge is -2.06. The lowest BCUT2D eigenvalue weighted by Crippen LogP contribution is -1.99. The zero-order chi connectivity index (χ0) is 13.7. The number of rotatable bonds is 3. The van der Waals surface area contributed by atoms with Gasteiger partial charge in [0.05, 0.1) is 18.3 Å². The monoisotopic (exact) mass is 260 g/mol. The molecule has 1 heterocycles. The van der Waals surface area contributed by atoms with E-state index in [2.05, 4.69) is 22.2 Å². The molecule has 0 atom stereocenters. The fourth-order valence-corrected chi connectivity index (χ4v) is 1.48. The molecule has 0 radical (unpaired) electrons. The minimum Gasteiger partial charge on any atom is -0.486 e. The van der Waals surface area contributed by atoms with E-state index >= 15 is 0 Å². The third-order valence-corrected chi connectivity index (χ3v) is 2.29. The summed E-state index contributed by atoms with van der Waals surface area (Å²) in [5, 5.41) is 7.67. The maximum atomic E-state index is 13.2. The summed E-state index contributed by atoms with van der Waals surface area (Å²) in [6.45, 7) is 0.440. The first-order chi connectivity index (χ1) is 9.19. The summed E-state index contributed by atoms with van der Waals surface area (Å²) in [7, 11) is 1.76. The standard InChI is InChI=1S/C13H13FN4O/c1-18-8-12(16-17-18)9-19-13-7-11(14)5-4-10(13)3-2-6-15/h4-5,7-8H,6,9,15H2,1H3. The molecule has 0 amide bonds. The van der Waals surface area contributed by atoms with Crippen molar-refractivity contribution in [2.24, 2.45) is 12.8 Å². The third-order valence-electron chi connectivity index (χ3n) is 2.29. The van der Waals surface area contributed by atoms with Gasteiger partial charge in [-0.05, 0) is 12.1 Å². The summed E-state index contributed by atoms with van der Waals surface area (Å²) in [6.07, 6.45) is 1.73. The van der Waals surface area contributed by atoms with Gasteiger partial charge in [0.2, 0.25) is 0 Å². The first-order valence-electron chi connectivity index (χ1n) is 5.65. The van der Waals surface area contributed by atoms with Crippen LogP contribution in [0.4, 0.5) is 4.39 Å². The molecule has 0 aliphatic carbocycles. The van der Waals surface area contributed by atoms with Crippen molar-refractivity contribution in [1.29, 1.82) is 0 Å². The summed E-state index contributed by atoms with van der Waals surface area (Å²) < 4.78 is 20.3. The molecule has 1 aromatic heterocycles. The number of hydrogen-bond donors (Lipinski definition) is 1. The van der Waals surface area contributed by atoms with Gasteiger partial charge in [0.25, 0.3) is 0 Å². The van der Waals surface area contributed by atoms with Crippen LogP contribution in [0.1, 0.15) is 11.3 Å². The van der Waals surface area contributed by atoms with Crippen molar-refractivity contribution in [2.75, 3.05) is 6.54 Å². The van der Waals surface area contributed by atoms with Crippen LogP contribution in [0.15, 0.2) is 24.4 Å². The van der Waals surface area contributed by atoms with Crippen LogP contribution in [0, 0.1) is 17.7 Å². The van der Waals surface area contributed by atoms with Gasteiger partial charge < -0.3 is 10.5 Å². The predicted molar refractivity (Wildman–Crippen MR) is 67.7 cm³/mol. The third kappa shape index (κ3) is 3.53. The van der Waals surface area contributed by atoms with Gasteiger partial charge in [0.15, 0.2) is 0 Å². The predicted octanol–water partition coefficient (Wildman–Crippen LogP) is 0.843. The van der Waals surface area contributed by atoms with E-state index in [1.807, 2.05) is 0 Å². The van der Waals surface area contributed by atoms with Gasteiger partial charge in [-0.1, -0.05) is 17.1 Å². The van der Waals surface area contributed by atoms with Crippen molar-refractivity contribution in [3.8, 4) is 17.6 Å². The van der Waals surface area contributed by atoms with Gasteiger partial charge in [-0.2, -0.15) is 0 Å². The Morgan fingerprint density at radius 3 is 3.00 bits per heavy atom. The molecule has 0 saturated carbocycles. The van der Waals surface area contributed by atoms with Crippen molar-refractivity contribution in [1.82, 2.24) is 15.0 Å². The highest BCUT2D eigenvalue weighted by atomic mass is 19.1. The van der Waals surface area contributed by atoms with E-state index in [1.165, 1.54) is 12.1 Å². The molecule has 98 valence electrons. The van der Waals surface area contributed by atoms with Gasteiger partial charge in [-0.3, -0.25) is 4.68 Å². The van der Waals surface area contributed by atoms with E-state index in [0.29, 0.717) is 17.0 Å². The summed E-state index contributed by atoms with van der Waals surface area (Å²) in [5.74, 6) is 5.53. The molecule has 0 saturated heterocycles. The van der Waals surface area contributed by atoms with Crippen molar-refractivity contribution >= 4 is 0 Å². The minimum atomic E-state index is -0.382. The lowest BCUT2D eigenvalue weighted by molar-refractivity contribution is 0.298. The maximum Gasteiger partial charge on any atom is 0.138 e. The summed E-state index contributed by atoms with van der Waals surface area (Å²) in [4.78, 5) is 0. The zero-order valence-corrected chi connectivity index (χ0v) is 10.4. The molecule has 0 spiro atoms. The quantitative estimate of drug-likeness (QED) is 0.831. The SMILES string of the molecule is Cn1cc(COc2cc(F)ccc2C#CCN)nn1. The van der Waals surface area contributed by atoms with Crippen LogP contribution in [0.5, 0.6) is 5.75 Å². The number of aryl methyl sites for hydroxylation is 1. The Labute approximate surface area is 110 Å². The van der Waals surface area contributed by atoms with E-state index < -0.39 is 0 Å². The van der Waals surface area contributed by atoms with Crippen LogP contribution in [0.25, 0.3) is 0 Å². The molecule has 0 bridgehead atoms. The molecule has 1 aromatic carbocycles. The van der Waals surface area contributed by atoms with Crippen LogP contribution in [-0.4, -0.2) is 21.5 Å². The number of ether oxygens (including phenoxy) is 1. The largest absolute Gasteiger partial charge is 0.486 e. The molecule has 0 aliphatic heterocycles. The van der Waals surface area contributed by atoms with Crippen molar-refractivity contribution < 1.29 is 9.13 Å². The highest BCUT2D eigenvalue weighted by molar-refractivity contribution is 5.46. The normalized spacial score (nSPS) is 9.84. The molecule has 5 nitrogen and oxygen atoms in total. The number of benzene rings is 1. The smallest absolute Gasteiger partial charge is 0.138 e. The summed E-state index contributed by atoms with van der Waals surface area (Å²) >= 11 is 0. The van der Waals surface area contributed by atoms with E-state index in [1.54, 1.807) is 24.0 Å². The van der Waals surface area contributed by atoms with Crippen LogP contribution >= 0.6 is 0 Å². The van der Waals surface area contributed by atoms with Gasteiger partial charge in [-0.25, -0.2) is 4.39 Å². The lowest BCUT2D eigenvalue weighted by atomic mass is 10.2. The van der Waals surface area contributed by atoms with Crippen LogP contribution in [-0.2, 0) is 13.7 Å². The zero-order valence-electron chi connectivity index (χ0n) is 10.4. The molecule has 6 heteroatoms. The van der Waals surface area contributed by atoms with Gasteiger partial charge in [0, 0.05) is 13.1 Å². The number of aromatic nitrogens is 3. The Bertz CT molecular complexity index is 627. The Hall–Kier alpha value is -2.39. The maximum absolute atomic E-state index is 13.2. The fraction of sp³-hybridized carbons (Fsp3) is 0.231. The summed E-state index contributed by atoms with van der Waals surface area (Å²) in [5.41, 5.74) is 6.56. The summed E-state index contributed by atoms with van der Waals surface area (Å²) in [6, 6.07) is 4.18. The van der Waals surface area contributed by atoms with E-state index in [9.17, 15) is 4.39 Å². The molecular formula is C13H13FN4O. The Morgan fingerprint density at radius 1 is 1.47 bits per heavy atom. The van der Waals surface area contributed by atoms with Gasteiger partial charge in [-0.15, -0.1) is 5.10 Å². The van der Waals surface area contributed by atoms with E-state index in [-0.39, 0.29) is 19.0 Å². The van der Waals surface area contributed by atoms with Crippen molar-refractivity contribution in [2.45, 2.75) is 6.61 Å². The Balaban J connectivity index is 2.16. The number of nitrogens with zero attached hydrogens (tertiary/aromatic N) is 3. The van der Waals surface area contributed by atoms with Crippen LogP contribution in [0.3, 0.4) is 0 Å². The molecule has 0 fully saturated rings. The first-order valence-corrected chi connectivity index (χ1v) is 5.65. The number of halogens is 1. The number of hydrogen-bond acceptors (Lipinski definition) is 4. The fourth-order valence-electron chi connectivity index (χ4n) is 1.48. The minimum absolute atomic E-state index is 0.203. The second kappa shape index (κ2) is 5.98. The molecule has 19 heavy (non-hydrogen) atoms. The molecule has 0 aliphatic rings. The van der Waals surface area contributed by atoms with Crippen molar-refractivity contribution in [3.63, 3.8) is 0 Å². The van der Waals surface area contributed by atoms with E-state index in [0.717, 1.165) is 0 Å². The molecule has 2 N–H and O–H groups in total. The molecule has 2 aromatic rings. The molecular weight excluding hydrogens is 247 g/mol. The van der Waals surface area contributed by atoms with Gasteiger partial charge >= 0.3 is 0 Å². The highest BCUT2D eigenvalue weighted by Crippen LogP contribution is 2.20. The molecule has 0 unspecified atom stereocenters. The van der Waals surface area contributed by atoms with Crippen LogP contribution in [0.2, 0.25) is 0 Å². The van der Waals surface area contributed by atoms with E-state index in [4.69, 9.17) is 10.5 Å². The van der Waals surface area contributed by atoms with Crippen LogP contribution < -0.4 is 10.5 Å². The Kier molecular flexibility index (Phi) is 4.11. The van der Waals surface area contributed by atoms with Gasteiger partial charge in [0.1, 0.15) is 23.9 Å².